The van der Waals surface area contributed by atoms with Crippen LogP contribution in [-0.2, 0) is 25.5 Å². The zero-order chi connectivity index (χ0) is 22.1. The summed E-state index contributed by atoms with van der Waals surface area (Å²) in [5, 5.41) is 2.64. The number of benzene rings is 1. The van der Waals surface area contributed by atoms with E-state index < -0.39 is 35.0 Å². The van der Waals surface area contributed by atoms with Crippen LogP contribution in [0.4, 0.5) is 13.6 Å². The van der Waals surface area contributed by atoms with Gasteiger partial charge in [0.25, 0.3) is 0 Å². The minimum absolute atomic E-state index is 0.00937. The van der Waals surface area contributed by atoms with Gasteiger partial charge in [0.1, 0.15) is 11.6 Å². The van der Waals surface area contributed by atoms with Crippen LogP contribution in [0.5, 0.6) is 0 Å². The lowest BCUT2D eigenvalue weighted by molar-refractivity contribution is -0.158. The minimum atomic E-state index is -1.13. The van der Waals surface area contributed by atoms with E-state index in [1.807, 2.05) is 0 Å². The Morgan fingerprint density at radius 1 is 1.17 bits per heavy atom. The fourth-order valence-electron chi connectivity index (χ4n) is 3.62. The smallest absolute Gasteiger partial charge is 0.317 e. The fraction of sp³-hybridized carbons (Fsp3) is 0.571. The van der Waals surface area contributed by atoms with Crippen molar-refractivity contribution in [1.82, 2.24) is 10.2 Å². The maximum atomic E-state index is 14.3. The van der Waals surface area contributed by atoms with E-state index in [9.17, 15) is 23.2 Å². The van der Waals surface area contributed by atoms with Crippen molar-refractivity contribution in [2.45, 2.75) is 39.5 Å². The molecule has 1 aromatic carbocycles. The van der Waals surface area contributed by atoms with Crippen molar-refractivity contribution in [2.75, 3.05) is 32.8 Å². The topological polar surface area (TPSA) is 84.9 Å². The molecule has 1 saturated heterocycles. The molecule has 1 atom stereocenters. The summed E-state index contributed by atoms with van der Waals surface area (Å²) >= 11 is 0. The molecule has 2 rings (SSSR count). The van der Waals surface area contributed by atoms with E-state index in [-0.39, 0.29) is 44.7 Å². The van der Waals surface area contributed by atoms with Crippen molar-refractivity contribution in [3.63, 3.8) is 0 Å². The normalized spacial score (nSPS) is 18.6. The van der Waals surface area contributed by atoms with Gasteiger partial charge >= 0.3 is 18.0 Å². The molecule has 0 aliphatic carbocycles. The maximum absolute atomic E-state index is 14.3. The van der Waals surface area contributed by atoms with Crippen molar-refractivity contribution in [1.29, 1.82) is 0 Å². The quantitative estimate of drug-likeness (QED) is 0.646. The minimum Gasteiger partial charge on any atom is -0.466 e. The molecule has 0 bridgehead atoms. The molecule has 1 aliphatic rings. The predicted octanol–water partition coefficient (Wildman–Crippen LogP) is 2.82. The summed E-state index contributed by atoms with van der Waals surface area (Å²) in [5.41, 5.74) is -0.945. The fourth-order valence-corrected chi connectivity index (χ4v) is 3.62. The molecule has 0 saturated carbocycles. The van der Waals surface area contributed by atoms with Gasteiger partial charge in [-0.2, -0.15) is 0 Å². The van der Waals surface area contributed by atoms with Crippen LogP contribution in [-0.4, -0.2) is 55.7 Å². The molecule has 166 valence electrons. The molecular formula is C21H28F2N2O5. The molecule has 30 heavy (non-hydrogen) atoms. The maximum Gasteiger partial charge on any atom is 0.317 e. The van der Waals surface area contributed by atoms with E-state index in [1.165, 1.54) is 11.0 Å². The summed E-state index contributed by atoms with van der Waals surface area (Å²) < 4.78 is 37.6. The van der Waals surface area contributed by atoms with E-state index >= 15 is 0 Å². The van der Waals surface area contributed by atoms with Crippen LogP contribution in [0.25, 0.3) is 0 Å². The van der Waals surface area contributed by atoms with Gasteiger partial charge in [-0.25, -0.2) is 13.6 Å². The molecule has 0 unspecified atom stereocenters. The first kappa shape index (κ1) is 23.6. The average Bonchev–Trinajstić information content (AvgIpc) is 2.70. The van der Waals surface area contributed by atoms with Gasteiger partial charge in [-0.3, -0.25) is 9.59 Å². The van der Waals surface area contributed by atoms with E-state index in [0.717, 1.165) is 12.1 Å². The van der Waals surface area contributed by atoms with Crippen LogP contribution in [0.1, 0.15) is 38.7 Å². The lowest BCUT2D eigenvalue weighted by Gasteiger charge is -2.41. The van der Waals surface area contributed by atoms with E-state index in [2.05, 4.69) is 5.32 Å². The van der Waals surface area contributed by atoms with E-state index in [1.54, 1.807) is 13.8 Å². The summed E-state index contributed by atoms with van der Waals surface area (Å²) in [4.78, 5) is 38.2. The largest absolute Gasteiger partial charge is 0.466 e. The number of carbonyl (C=O) groups excluding carboxylic acids is 3. The molecule has 0 radical (unpaired) electrons. The molecule has 1 fully saturated rings. The third-order valence-electron chi connectivity index (χ3n) is 5.03. The number of piperidine rings is 1. The second-order valence-electron chi connectivity index (χ2n) is 7.23. The van der Waals surface area contributed by atoms with Crippen molar-refractivity contribution in [3.8, 4) is 0 Å². The van der Waals surface area contributed by atoms with Crippen molar-refractivity contribution < 1.29 is 32.6 Å². The van der Waals surface area contributed by atoms with Crippen LogP contribution in [0.15, 0.2) is 18.2 Å². The number of rotatable bonds is 8. The standard InChI is InChI=1S/C21H28F2N2O5/c1-3-29-18(26)8-10-24-20(28)25-11-5-9-21(14-25,19(27)30-4-2)13-15-6-7-16(22)12-17(15)23/h6-7,12H,3-5,8-11,13-14H2,1-2H3,(H,24,28)/t21-/m1/s1. The highest BCUT2D eigenvalue weighted by Gasteiger charge is 2.45. The van der Waals surface area contributed by atoms with E-state index in [0.29, 0.717) is 19.4 Å². The zero-order valence-corrected chi connectivity index (χ0v) is 17.3. The Morgan fingerprint density at radius 3 is 2.57 bits per heavy atom. The highest BCUT2D eigenvalue weighted by atomic mass is 19.1. The van der Waals surface area contributed by atoms with Crippen LogP contribution in [0.2, 0.25) is 0 Å². The first-order valence-electron chi connectivity index (χ1n) is 10.1. The highest BCUT2D eigenvalue weighted by Crippen LogP contribution is 2.36. The number of likely N-dealkylation sites (tertiary alicyclic amines) is 1. The van der Waals surface area contributed by atoms with Crippen LogP contribution in [0, 0.1) is 17.0 Å². The molecular weight excluding hydrogens is 398 g/mol. The number of hydrogen-bond acceptors (Lipinski definition) is 5. The number of esters is 2. The molecule has 1 heterocycles. The lowest BCUT2D eigenvalue weighted by atomic mass is 9.75. The molecule has 9 heteroatoms. The Labute approximate surface area is 174 Å². The van der Waals surface area contributed by atoms with Crippen LogP contribution >= 0.6 is 0 Å². The number of halogens is 2. The Morgan fingerprint density at radius 2 is 1.90 bits per heavy atom. The van der Waals surface area contributed by atoms with Crippen molar-refractivity contribution >= 4 is 18.0 Å². The predicted molar refractivity (Wildman–Crippen MR) is 105 cm³/mol. The Balaban J connectivity index is 2.12. The monoisotopic (exact) mass is 426 g/mol. The SMILES string of the molecule is CCOC(=O)CCNC(=O)N1CCC[C@](Cc2ccc(F)cc2F)(C(=O)OCC)C1. The Bertz CT molecular complexity index is 774. The second kappa shape index (κ2) is 10.9. The second-order valence-corrected chi connectivity index (χ2v) is 7.23. The van der Waals surface area contributed by atoms with Gasteiger partial charge < -0.3 is 19.7 Å². The van der Waals surface area contributed by atoms with Gasteiger partial charge in [-0.1, -0.05) is 6.07 Å². The molecule has 1 aromatic rings. The summed E-state index contributed by atoms with van der Waals surface area (Å²) in [7, 11) is 0. The summed E-state index contributed by atoms with van der Waals surface area (Å²) in [6, 6.07) is 2.80. The van der Waals surface area contributed by atoms with Crippen LogP contribution < -0.4 is 5.32 Å². The number of ether oxygens (including phenoxy) is 2. The number of hydrogen-bond donors (Lipinski definition) is 1. The lowest BCUT2D eigenvalue weighted by Crippen LogP contribution is -2.54. The van der Waals surface area contributed by atoms with Crippen molar-refractivity contribution in [2.24, 2.45) is 5.41 Å². The van der Waals surface area contributed by atoms with Gasteiger partial charge in [0.2, 0.25) is 0 Å². The number of amides is 2. The molecule has 2 amide bonds. The molecule has 0 spiro atoms. The third-order valence-corrected chi connectivity index (χ3v) is 5.03. The number of carbonyl (C=O) groups is 3. The van der Waals surface area contributed by atoms with Gasteiger partial charge in [0.15, 0.2) is 0 Å². The number of nitrogens with zero attached hydrogens (tertiary/aromatic N) is 1. The molecule has 0 aromatic heterocycles. The molecule has 7 nitrogen and oxygen atoms in total. The van der Waals surface area contributed by atoms with Crippen molar-refractivity contribution in [3.05, 3.63) is 35.4 Å². The zero-order valence-electron chi connectivity index (χ0n) is 17.3. The Hall–Kier alpha value is -2.71. The number of urea groups is 1. The Kier molecular flexibility index (Phi) is 8.56. The van der Waals surface area contributed by atoms with Gasteiger partial charge in [-0.15, -0.1) is 0 Å². The summed E-state index contributed by atoms with van der Waals surface area (Å²) in [5.74, 6) is -2.37. The summed E-state index contributed by atoms with van der Waals surface area (Å²) in [6.45, 7) is 4.34. The van der Waals surface area contributed by atoms with Gasteiger partial charge in [-0.05, 0) is 44.7 Å². The first-order valence-corrected chi connectivity index (χ1v) is 10.1. The average molecular weight is 426 g/mol. The van der Waals surface area contributed by atoms with Gasteiger partial charge in [0, 0.05) is 25.7 Å². The van der Waals surface area contributed by atoms with Crippen LogP contribution in [0.3, 0.4) is 0 Å². The molecule has 1 aliphatic heterocycles. The van der Waals surface area contributed by atoms with E-state index in [4.69, 9.17) is 9.47 Å². The first-order chi connectivity index (χ1) is 14.3. The summed E-state index contributed by atoms with van der Waals surface area (Å²) in [6.07, 6.45) is 0.962. The highest BCUT2D eigenvalue weighted by molar-refractivity contribution is 5.80. The van der Waals surface area contributed by atoms with Gasteiger partial charge in [0.05, 0.1) is 25.0 Å². The molecule has 1 N–H and O–H groups in total. The third kappa shape index (κ3) is 6.14. The number of nitrogens with one attached hydrogen (secondary N) is 1.